The minimum atomic E-state index is -0.900. The van der Waals surface area contributed by atoms with Gasteiger partial charge < -0.3 is 21.5 Å². The first-order valence-electron chi connectivity index (χ1n) is 11.0. The number of halogens is 1. The lowest BCUT2D eigenvalue weighted by molar-refractivity contribution is -0.142. The van der Waals surface area contributed by atoms with E-state index in [2.05, 4.69) is 15.6 Å². The third kappa shape index (κ3) is 8.90. The molecule has 0 aliphatic carbocycles. The Balaban J connectivity index is 0.000000554. The van der Waals surface area contributed by atoms with E-state index in [9.17, 15) is 14.3 Å². The van der Waals surface area contributed by atoms with E-state index < -0.39 is 17.2 Å². The molecule has 0 bridgehead atoms. The van der Waals surface area contributed by atoms with E-state index in [0.717, 1.165) is 43.3 Å². The smallest absolute Gasteiger partial charge is 0.313 e. The molecule has 1 aromatic heterocycles. The van der Waals surface area contributed by atoms with Crippen molar-refractivity contribution >= 4 is 17.5 Å². The highest BCUT2D eigenvalue weighted by molar-refractivity contribution is 5.80. The molecule has 0 unspecified atom stereocenters. The second-order valence-corrected chi connectivity index (χ2v) is 8.15. The fourth-order valence-corrected chi connectivity index (χ4v) is 3.01. The van der Waals surface area contributed by atoms with Gasteiger partial charge in [-0.05, 0) is 50.9 Å². The van der Waals surface area contributed by atoms with Crippen LogP contribution in [0.5, 0.6) is 0 Å². The Labute approximate surface area is 195 Å². The van der Waals surface area contributed by atoms with Crippen LogP contribution in [0.2, 0.25) is 0 Å². The molecular weight excluding hydrogens is 419 g/mol. The maximum Gasteiger partial charge on any atom is 0.313 e. The van der Waals surface area contributed by atoms with Crippen molar-refractivity contribution in [2.24, 2.45) is 0 Å². The highest BCUT2D eigenvalue weighted by atomic mass is 19.1. The molecule has 1 heterocycles. The summed E-state index contributed by atoms with van der Waals surface area (Å²) in [6.07, 6.45) is 2.76. The van der Waals surface area contributed by atoms with Gasteiger partial charge in [-0.25, -0.2) is 9.37 Å². The van der Waals surface area contributed by atoms with Gasteiger partial charge in [0.2, 0.25) is 0 Å². The van der Waals surface area contributed by atoms with Gasteiger partial charge in [0.15, 0.2) is 0 Å². The fraction of sp³-hybridized carbons (Fsp3) is 0.308. The zero-order valence-electron chi connectivity index (χ0n) is 19.2. The van der Waals surface area contributed by atoms with Gasteiger partial charge >= 0.3 is 5.97 Å². The third-order valence-electron chi connectivity index (χ3n) is 5.17. The van der Waals surface area contributed by atoms with Crippen molar-refractivity contribution in [2.45, 2.75) is 32.1 Å². The summed E-state index contributed by atoms with van der Waals surface area (Å²) in [4.78, 5) is 15.1. The summed E-state index contributed by atoms with van der Waals surface area (Å²) < 4.78 is 13.1. The first-order valence-corrected chi connectivity index (χ1v) is 11.0. The lowest BCUT2D eigenvalue weighted by Gasteiger charge is -2.20. The molecule has 3 rings (SSSR count). The van der Waals surface area contributed by atoms with Gasteiger partial charge in [0, 0.05) is 12.6 Å². The SMILES string of the molecule is CC(C)(C(=O)O)c1cccc(CCNCCCNc2cc(F)cnc2N)c1.c1ccccc1. The van der Waals surface area contributed by atoms with Crippen molar-refractivity contribution in [3.63, 3.8) is 0 Å². The van der Waals surface area contributed by atoms with Crippen molar-refractivity contribution in [3.8, 4) is 0 Å². The number of rotatable bonds is 10. The first kappa shape index (κ1) is 25.8. The molecule has 176 valence electrons. The summed E-state index contributed by atoms with van der Waals surface area (Å²) in [5.74, 6) is -0.967. The van der Waals surface area contributed by atoms with Gasteiger partial charge in [-0.1, -0.05) is 60.7 Å². The predicted molar refractivity (Wildman–Crippen MR) is 132 cm³/mol. The topological polar surface area (TPSA) is 100 Å². The molecule has 0 aliphatic heterocycles. The fourth-order valence-electron chi connectivity index (χ4n) is 3.01. The van der Waals surface area contributed by atoms with Crippen molar-refractivity contribution in [3.05, 3.63) is 89.9 Å². The van der Waals surface area contributed by atoms with Crippen LogP contribution in [0.3, 0.4) is 0 Å². The van der Waals surface area contributed by atoms with Crippen molar-refractivity contribution < 1.29 is 14.3 Å². The molecule has 0 atom stereocenters. The molecule has 0 aliphatic rings. The largest absolute Gasteiger partial charge is 0.481 e. The second-order valence-electron chi connectivity index (χ2n) is 8.15. The van der Waals surface area contributed by atoms with Gasteiger partial charge in [0.05, 0.1) is 17.3 Å². The van der Waals surface area contributed by atoms with Gasteiger partial charge in [-0.2, -0.15) is 0 Å². The Morgan fingerprint density at radius 2 is 1.70 bits per heavy atom. The maximum atomic E-state index is 13.1. The number of nitrogens with two attached hydrogens (primary N) is 1. The van der Waals surface area contributed by atoms with E-state index in [1.165, 1.54) is 6.07 Å². The van der Waals surface area contributed by atoms with Crippen molar-refractivity contribution in [1.82, 2.24) is 10.3 Å². The molecular formula is C26H33FN4O2. The molecule has 0 amide bonds. The highest BCUT2D eigenvalue weighted by Crippen LogP contribution is 2.24. The molecule has 2 aromatic carbocycles. The number of anilines is 2. The number of hydrogen-bond donors (Lipinski definition) is 4. The van der Waals surface area contributed by atoms with E-state index in [-0.39, 0.29) is 5.82 Å². The number of carboxylic acid groups (broad SMARTS) is 1. The summed E-state index contributed by atoms with van der Waals surface area (Å²) in [6, 6.07) is 21.0. The van der Waals surface area contributed by atoms with E-state index in [0.29, 0.717) is 12.2 Å². The molecule has 33 heavy (non-hydrogen) atoms. The molecule has 0 spiro atoms. The number of pyridine rings is 1. The highest BCUT2D eigenvalue weighted by Gasteiger charge is 2.29. The van der Waals surface area contributed by atoms with E-state index in [1.54, 1.807) is 13.8 Å². The number of aromatic nitrogens is 1. The minimum absolute atomic E-state index is 0.286. The van der Waals surface area contributed by atoms with Crippen molar-refractivity contribution in [2.75, 3.05) is 30.7 Å². The van der Waals surface area contributed by atoms with Gasteiger partial charge in [0.1, 0.15) is 11.6 Å². The molecule has 5 N–H and O–H groups in total. The average Bonchev–Trinajstić information content (AvgIpc) is 2.82. The molecule has 0 fully saturated rings. The summed E-state index contributed by atoms with van der Waals surface area (Å²) >= 11 is 0. The number of carboxylic acids is 1. The Hall–Kier alpha value is -3.45. The van der Waals surface area contributed by atoms with Gasteiger partial charge in [-0.15, -0.1) is 0 Å². The van der Waals surface area contributed by atoms with Crippen LogP contribution in [0.15, 0.2) is 72.9 Å². The van der Waals surface area contributed by atoms with Crippen LogP contribution in [0.1, 0.15) is 31.4 Å². The summed E-state index contributed by atoms with van der Waals surface area (Å²) in [5.41, 5.74) is 7.20. The maximum absolute atomic E-state index is 13.1. The zero-order chi connectivity index (χ0) is 24.1. The predicted octanol–water partition coefficient (Wildman–Crippen LogP) is 4.49. The van der Waals surface area contributed by atoms with Crippen LogP contribution < -0.4 is 16.4 Å². The van der Waals surface area contributed by atoms with E-state index in [1.807, 2.05) is 60.7 Å². The van der Waals surface area contributed by atoms with Crippen LogP contribution in [0, 0.1) is 5.82 Å². The van der Waals surface area contributed by atoms with Gasteiger partial charge in [-0.3, -0.25) is 4.79 Å². The lowest BCUT2D eigenvalue weighted by Crippen LogP contribution is -2.28. The number of carbonyl (C=O) groups is 1. The molecule has 0 saturated heterocycles. The minimum Gasteiger partial charge on any atom is -0.481 e. The molecule has 0 saturated carbocycles. The Morgan fingerprint density at radius 3 is 2.33 bits per heavy atom. The second kappa shape index (κ2) is 13.2. The number of nitrogens with zero attached hydrogens (tertiary/aromatic N) is 1. The molecule has 3 aromatic rings. The zero-order valence-corrected chi connectivity index (χ0v) is 19.2. The summed E-state index contributed by atoms with van der Waals surface area (Å²) in [7, 11) is 0. The normalized spacial score (nSPS) is 10.8. The molecule has 0 radical (unpaired) electrons. The van der Waals surface area contributed by atoms with Crippen LogP contribution in [0.4, 0.5) is 15.9 Å². The Bertz CT molecular complexity index is 970. The van der Waals surface area contributed by atoms with Crippen LogP contribution >= 0.6 is 0 Å². The number of hydrogen-bond acceptors (Lipinski definition) is 5. The first-order chi connectivity index (χ1) is 15.8. The van der Waals surface area contributed by atoms with Crippen molar-refractivity contribution in [1.29, 1.82) is 0 Å². The number of aliphatic carboxylic acids is 1. The Kier molecular flexibility index (Phi) is 10.3. The van der Waals surface area contributed by atoms with Crippen LogP contribution in [-0.2, 0) is 16.6 Å². The third-order valence-corrected chi connectivity index (χ3v) is 5.17. The monoisotopic (exact) mass is 452 g/mol. The van der Waals surface area contributed by atoms with E-state index in [4.69, 9.17) is 5.73 Å². The molecule has 6 nitrogen and oxygen atoms in total. The number of nitrogen functional groups attached to an aromatic ring is 1. The van der Waals surface area contributed by atoms with Gasteiger partial charge in [0.25, 0.3) is 0 Å². The Morgan fingerprint density at radius 1 is 1.03 bits per heavy atom. The van der Waals surface area contributed by atoms with Crippen LogP contribution in [0.25, 0.3) is 0 Å². The number of benzene rings is 2. The average molecular weight is 453 g/mol. The quantitative estimate of drug-likeness (QED) is 0.338. The molecule has 7 heteroatoms. The summed E-state index contributed by atoms with van der Waals surface area (Å²) in [6.45, 7) is 5.67. The number of nitrogens with one attached hydrogen (secondary N) is 2. The van der Waals surface area contributed by atoms with Crippen LogP contribution in [-0.4, -0.2) is 35.7 Å². The standard InChI is InChI=1S/C20H27FN4O2.C6H6/c1-20(2,19(26)27)15-6-3-5-14(11-15)7-10-23-8-4-9-24-17-12-16(21)13-25-18(17)22;1-2-4-6-5-3-1/h3,5-6,11-13,23-24H,4,7-10H2,1-2H3,(H2,22,25)(H,26,27);1-6H. The summed E-state index contributed by atoms with van der Waals surface area (Å²) in [5, 5.41) is 15.8. The van der Waals surface area contributed by atoms with E-state index >= 15 is 0 Å². The lowest BCUT2D eigenvalue weighted by atomic mass is 9.84.